The van der Waals surface area contributed by atoms with E-state index in [2.05, 4.69) is 23.1 Å². The first-order valence-electron chi connectivity index (χ1n) is 10.5. The lowest BCUT2D eigenvalue weighted by Crippen LogP contribution is -2.31. The Bertz CT molecular complexity index is 839. The summed E-state index contributed by atoms with van der Waals surface area (Å²) >= 11 is 0. The third kappa shape index (κ3) is 4.65. The molecule has 1 heterocycles. The fourth-order valence-electron chi connectivity index (χ4n) is 4.92. The second kappa shape index (κ2) is 9.73. The van der Waals surface area contributed by atoms with Crippen molar-refractivity contribution in [2.45, 2.75) is 51.0 Å². The molecular formula is C24H32ClNO3. The number of halogens is 1. The molecule has 0 amide bonds. The van der Waals surface area contributed by atoms with Crippen molar-refractivity contribution in [3.8, 4) is 17.2 Å². The van der Waals surface area contributed by atoms with Crippen LogP contribution in [0.25, 0.3) is 0 Å². The number of benzene rings is 2. The first-order valence-corrected chi connectivity index (χ1v) is 10.5. The normalized spacial score (nSPS) is 18.3. The molecule has 1 unspecified atom stereocenters. The van der Waals surface area contributed by atoms with Crippen LogP contribution in [0.3, 0.4) is 0 Å². The topological polar surface area (TPSA) is 41.9 Å². The van der Waals surface area contributed by atoms with E-state index < -0.39 is 0 Å². The van der Waals surface area contributed by atoms with E-state index in [0.717, 1.165) is 44.0 Å². The quantitative estimate of drug-likeness (QED) is 0.710. The molecule has 158 valence electrons. The van der Waals surface area contributed by atoms with Crippen molar-refractivity contribution in [1.29, 1.82) is 0 Å². The standard InChI is InChI=1S/C24H31NO3.ClH/c1-27-23-14-18-11-13-25(16-19(18)15-24(23)28-2)12-5-7-17-6-3-9-21-20(17)8-4-10-22(21)26;/h4,8,10,14-15,17,26H,3,5-7,9,11-13,16H2,1-2H3;1H. The lowest BCUT2D eigenvalue weighted by molar-refractivity contribution is 0.244. The van der Waals surface area contributed by atoms with Crippen LogP contribution in [-0.2, 0) is 19.4 Å². The van der Waals surface area contributed by atoms with Crippen LogP contribution in [-0.4, -0.2) is 37.3 Å². The SMILES string of the molecule is COc1cc2c(cc1OC)CN(CCCC1CCCc3c(O)cccc31)CC2.Cl. The predicted octanol–water partition coefficient (Wildman–Crippen LogP) is 5.09. The molecule has 2 aromatic carbocycles. The van der Waals surface area contributed by atoms with Gasteiger partial charge in [-0.25, -0.2) is 0 Å². The molecule has 0 aromatic heterocycles. The van der Waals surface area contributed by atoms with Crippen LogP contribution in [0.1, 0.15) is 53.9 Å². The van der Waals surface area contributed by atoms with Gasteiger partial charge < -0.3 is 14.6 Å². The summed E-state index contributed by atoms with van der Waals surface area (Å²) in [5, 5.41) is 10.1. The number of hydrogen-bond donors (Lipinski definition) is 1. The van der Waals surface area contributed by atoms with E-state index >= 15 is 0 Å². The van der Waals surface area contributed by atoms with Crippen molar-refractivity contribution in [3.05, 3.63) is 52.6 Å². The van der Waals surface area contributed by atoms with E-state index in [1.165, 1.54) is 47.9 Å². The molecule has 29 heavy (non-hydrogen) atoms. The first kappa shape index (κ1) is 21.8. The number of phenolic OH excluding ortho intramolecular Hbond substituents is 1. The molecular weight excluding hydrogens is 386 g/mol. The van der Waals surface area contributed by atoms with Gasteiger partial charge in [0, 0.05) is 13.1 Å². The zero-order valence-electron chi connectivity index (χ0n) is 17.4. The zero-order valence-corrected chi connectivity index (χ0v) is 18.3. The summed E-state index contributed by atoms with van der Waals surface area (Å²) in [5.41, 5.74) is 5.31. The molecule has 0 radical (unpaired) electrons. The largest absolute Gasteiger partial charge is 0.508 e. The number of nitrogens with zero attached hydrogens (tertiary/aromatic N) is 1. The molecule has 0 saturated heterocycles. The highest BCUT2D eigenvalue weighted by Gasteiger charge is 2.23. The highest BCUT2D eigenvalue weighted by molar-refractivity contribution is 5.85. The molecule has 0 spiro atoms. The smallest absolute Gasteiger partial charge is 0.161 e. The van der Waals surface area contributed by atoms with Crippen LogP contribution in [0.15, 0.2) is 30.3 Å². The van der Waals surface area contributed by atoms with Crippen LogP contribution in [0.2, 0.25) is 0 Å². The molecule has 1 aliphatic carbocycles. The summed E-state index contributed by atoms with van der Waals surface area (Å²) < 4.78 is 10.9. The van der Waals surface area contributed by atoms with Gasteiger partial charge in [0.2, 0.25) is 0 Å². The lowest BCUT2D eigenvalue weighted by Gasteiger charge is -2.31. The van der Waals surface area contributed by atoms with Crippen LogP contribution >= 0.6 is 12.4 Å². The highest BCUT2D eigenvalue weighted by Crippen LogP contribution is 2.39. The molecule has 0 bridgehead atoms. The van der Waals surface area contributed by atoms with E-state index in [0.29, 0.717) is 11.7 Å². The second-order valence-electron chi connectivity index (χ2n) is 8.08. The fourth-order valence-corrected chi connectivity index (χ4v) is 4.92. The molecule has 0 saturated carbocycles. The Hall–Kier alpha value is -1.91. The van der Waals surface area contributed by atoms with Gasteiger partial charge in [0.1, 0.15) is 5.75 Å². The van der Waals surface area contributed by atoms with Gasteiger partial charge in [-0.2, -0.15) is 0 Å². The molecule has 1 aliphatic heterocycles. The Morgan fingerprint density at radius 1 is 1.07 bits per heavy atom. The molecule has 4 rings (SSSR count). The van der Waals surface area contributed by atoms with Crippen molar-refractivity contribution in [2.24, 2.45) is 0 Å². The maximum Gasteiger partial charge on any atom is 0.161 e. The van der Waals surface area contributed by atoms with E-state index in [4.69, 9.17) is 9.47 Å². The fraction of sp³-hybridized carbons (Fsp3) is 0.500. The van der Waals surface area contributed by atoms with Crippen LogP contribution in [0.5, 0.6) is 17.2 Å². The minimum absolute atomic E-state index is 0. The maximum absolute atomic E-state index is 10.1. The number of aromatic hydroxyl groups is 1. The third-order valence-electron chi connectivity index (χ3n) is 6.43. The average molecular weight is 418 g/mol. The summed E-state index contributed by atoms with van der Waals surface area (Å²) in [4.78, 5) is 2.56. The Balaban J connectivity index is 0.00000240. The molecule has 2 aliphatic rings. The van der Waals surface area contributed by atoms with Gasteiger partial charge in [0.15, 0.2) is 11.5 Å². The van der Waals surface area contributed by atoms with Crippen LogP contribution in [0, 0.1) is 0 Å². The van der Waals surface area contributed by atoms with Gasteiger partial charge in [0.05, 0.1) is 14.2 Å². The average Bonchev–Trinajstić information content (AvgIpc) is 2.73. The van der Waals surface area contributed by atoms with Gasteiger partial charge in [-0.3, -0.25) is 4.90 Å². The number of fused-ring (bicyclic) bond motifs is 2. The first-order chi connectivity index (χ1) is 13.7. The van der Waals surface area contributed by atoms with Gasteiger partial charge in [-0.05, 0) is 91.4 Å². The number of methoxy groups -OCH3 is 2. The molecule has 1 N–H and O–H groups in total. The van der Waals surface area contributed by atoms with Crippen LogP contribution in [0.4, 0.5) is 0 Å². The van der Waals surface area contributed by atoms with Crippen molar-refractivity contribution in [1.82, 2.24) is 4.90 Å². The molecule has 5 heteroatoms. The van der Waals surface area contributed by atoms with E-state index in [1.54, 1.807) is 14.2 Å². The molecule has 4 nitrogen and oxygen atoms in total. The van der Waals surface area contributed by atoms with Crippen molar-refractivity contribution in [3.63, 3.8) is 0 Å². The zero-order chi connectivity index (χ0) is 19.5. The number of hydrogen-bond acceptors (Lipinski definition) is 4. The summed E-state index contributed by atoms with van der Waals surface area (Å²) in [6.07, 6.45) is 6.92. The van der Waals surface area contributed by atoms with Gasteiger partial charge >= 0.3 is 0 Å². The summed E-state index contributed by atoms with van der Waals surface area (Å²) in [7, 11) is 3.40. The third-order valence-corrected chi connectivity index (χ3v) is 6.43. The minimum atomic E-state index is 0. The summed E-state index contributed by atoms with van der Waals surface area (Å²) in [5.74, 6) is 2.73. The predicted molar refractivity (Wildman–Crippen MR) is 119 cm³/mol. The van der Waals surface area contributed by atoms with Crippen molar-refractivity contribution < 1.29 is 14.6 Å². The Labute approximate surface area is 180 Å². The Morgan fingerprint density at radius 2 is 1.83 bits per heavy atom. The Kier molecular flexibility index (Phi) is 7.31. The van der Waals surface area contributed by atoms with Crippen molar-refractivity contribution >= 4 is 12.4 Å². The summed E-state index contributed by atoms with van der Waals surface area (Å²) in [6.45, 7) is 3.21. The molecule has 1 atom stereocenters. The highest BCUT2D eigenvalue weighted by atomic mass is 35.5. The van der Waals surface area contributed by atoms with Crippen LogP contribution < -0.4 is 9.47 Å². The second-order valence-corrected chi connectivity index (χ2v) is 8.08. The maximum atomic E-state index is 10.1. The lowest BCUT2D eigenvalue weighted by atomic mass is 9.80. The number of phenols is 1. The van der Waals surface area contributed by atoms with E-state index in [1.807, 2.05) is 12.1 Å². The number of rotatable bonds is 6. The van der Waals surface area contributed by atoms with Gasteiger partial charge in [0.25, 0.3) is 0 Å². The van der Waals surface area contributed by atoms with E-state index in [9.17, 15) is 5.11 Å². The minimum Gasteiger partial charge on any atom is -0.508 e. The van der Waals surface area contributed by atoms with E-state index in [-0.39, 0.29) is 12.4 Å². The number of ether oxygens (including phenoxy) is 2. The monoisotopic (exact) mass is 417 g/mol. The summed E-state index contributed by atoms with van der Waals surface area (Å²) in [6, 6.07) is 10.3. The van der Waals surface area contributed by atoms with Crippen molar-refractivity contribution in [2.75, 3.05) is 27.3 Å². The molecule has 2 aromatic rings. The molecule has 0 fully saturated rings. The van der Waals surface area contributed by atoms with Gasteiger partial charge in [-0.15, -0.1) is 12.4 Å². The van der Waals surface area contributed by atoms with Gasteiger partial charge in [-0.1, -0.05) is 12.1 Å². The Morgan fingerprint density at radius 3 is 2.59 bits per heavy atom.